The highest BCUT2D eigenvalue weighted by atomic mass is 16.5. The Bertz CT molecular complexity index is 1500. The van der Waals surface area contributed by atoms with E-state index in [1.54, 1.807) is 51.9 Å². The summed E-state index contributed by atoms with van der Waals surface area (Å²) < 4.78 is 17.0. The summed E-state index contributed by atoms with van der Waals surface area (Å²) in [7, 11) is 4.68. The van der Waals surface area contributed by atoms with E-state index in [2.05, 4.69) is 31.2 Å². The van der Waals surface area contributed by atoms with Gasteiger partial charge >= 0.3 is 0 Å². The lowest BCUT2D eigenvalue weighted by molar-refractivity contribution is -0.121. The molecule has 12 heteroatoms. The lowest BCUT2D eigenvalue weighted by Gasteiger charge is -2.19. The third-order valence-electron chi connectivity index (χ3n) is 7.11. The largest absolute Gasteiger partial charge is 0.493 e. The lowest BCUT2D eigenvalue weighted by Crippen LogP contribution is -2.29. The number of fused-ring (bicyclic) bond motifs is 3. The zero-order valence-electron chi connectivity index (χ0n) is 24.9. The van der Waals surface area contributed by atoms with Crippen LogP contribution in [0.2, 0.25) is 0 Å². The molecule has 12 nitrogen and oxygen atoms in total. The number of benzene rings is 1. The van der Waals surface area contributed by atoms with Crippen molar-refractivity contribution in [2.24, 2.45) is 0 Å². The molecule has 1 aromatic heterocycles. The van der Waals surface area contributed by atoms with Gasteiger partial charge in [-0.1, -0.05) is 6.07 Å². The molecule has 0 unspecified atom stereocenters. The van der Waals surface area contributed by atoms with Crippen LogP contribution in [0.4, 0.5) is 11.6 Å². The van der Waals surface area contributed by atoms with Crippen LogP contribution in [0.3, 0.4) is 0 Å². The number of anilines is 2. The highest BCUT2D eigenvalue weighted by Gasteiger charge is 2.29. The zero-order chi connectivity index (χ0) is 30.8. The van der Waals surface area contributed by atoms with Gasteiger partial charge in [-0.2, -0.15) is 0 Å². The third kappa shape index (κ3) is 7.70. The number of nitrogens with one attached hydrogen (secondary N) is 4. The van der Waals surface area contributed by atoms with Crippen LogP contribution in [0.25, 0.3) is 11.1 Å². The van der Waals surface area contributed by atoms with Crippen molar-refractivity contribution in [3.05, 3.63) is 64.1 Å². The minimum Gasteiger partial charge on any atom is -0.493 e. The Morgan fingerprint density at radius 3 is 2.42 bits per heavy atom. The zero-order valence-corrected chi connectivity index (χ0v) is 24.9. The fraction of sp³-hybridized carbons (Fsp3) is 0.387. The van der Waals surface area contributed by atoms with Crippen molar-refractivity contribution in [3.8, 4) is 28.4 Å². The van der Waals surface area contributed by atoms with Crippen molar-refractivity contribution in [2.45, 2.75) is 38.6 Å². The molecule has 4 rings (SSSR count). The predicted octanol–water partition coefficient (Wildman–Crippen LogP) is 3.07. The summed E-state index contributed by atoms with van der Waals surface area (Å²) in [6, 6.07) is 8.42. The monoisotopic (exact) mass is 590 g/mol. The highest BCUT2D eigenvalue weighted by molar-refractivity contribution is 5.83. The van der Waals surface area contributed by atoms with Gasteiger partial charge in [0.1, 0.15) is 0 Å². The van der Waals surface area contributed by atoms with Gasteiger partial charge in [0.15, 0.2) is 11.5 Å². The molecule has 1 aliphatic rings. The molecule has 2 aromatic carbocycles. The van der Waals surface area contributed by atoms with Gasteiger partial charge in [0.05, 0.1) is 33.1 Å². The molecule has 2 amide bonds. The Labute approximate surface area is 250 Å². The number of rotatable bonds is 13. The summed E-state index contributed by atoms with van der Waals surface area (Å²) in [6.45, 7) is 2.83. The molecule has 228 valence electrons. The summed E-state index contributed by atoms with van der Waals surface area (Å²) in [4.78, 5) is 45.9. The first kappa shape index (κ1) is 31.1. The first-order chi connectivity index (χ1) is 20.9. The quantitative estimate of drug-likeness (QED) is 0.219. The second-order valence-corrected chi connectivity index (χ2v) is 9.98. The van der Waals surface area contributed by atoms with Crippen molar-refractivity contribution in [1.82, 2.24) is 20.6 Å². The number of hydrogen-bond donors (Lipinski definition) is 4. The van der Waals surface area contributed by atoms with Gasteiger partial charge in [0, 0.05) is 50.9 Å². The van der Waals surface area contributed by atoms with Gasteiger partial charge in [-0.15, -0.1) is 0 Å². The van der Waals surface area contributed by atoms with E-state index < -0.39 is 0 Å². The topological polar surface area (TPSA) is 153 Å². The normalized spacial score (nSPS) is 13.4. The Morgan fingerprint density at radius 2 is 1.72 bits per heavy atom. The average molecular weight is 591 g/mol. The maximum atomic E-state index is 13.4. The smallest absolute Gasteiger partial charge is 0.222 e. The molecule has 0 radical (unpaired) electrons. The van der Waals surface area contributed by atoms with E-state index in [4.69, 9.17) is 14.2 Å². The summed E-state index contributed by atoms with van der Waals surface area (Å²) in [5, 5.41) is 12.1. The van der Waals surface area contributed by atoms with Crippen LogP contribution >= 0.6 is 0 Å². The second kappa shape index (κ2) is 14.9. The number of carbonyl (C=O) groups excluding carboxylic acids is 2. The third-order valence-corrected chi connectivity index (χ3v) is 7.11. The summed E-state index contributed by atoms with van der Waals surface area (Å²) in [5.41, 5.74) is 3.35. The predicted molar refractivity (Wildman–Crippen MR) is 164 cm³/mol. The van der Waals surface area contributed by atoms with Crippen molar-refractivity contribution in [2.75, 3.05) is 51.6 Å². The molecule has 1 heterocycles. The molecule has 0 spiro atoms. The minimum absolute atomic E-state index is 0.0866. The van der Waals surface area contributed by atoms with Crippen LogP contribution in [-0.2, 0) is 16.0 Å². The number of aromatic nitrogens is 2. The summed E-state index contributed by atoms with van der Waals surface area (Å²) >= 11 is 0. The van der Waals surface area contributed by atoms with Crippen molar-refractivity contribution in [1.29, 1.82) is 0 Å². The van der Waals surface area contributed by atoms with Crippen LogP contribution in [0.1, 0.15) is 43.4 Å². The molecular weight excluding hydrogens is 552 g/mol. The molecule has 0 fully saturated rings. The fourth-order valence-electron chi connectivity index (χ4n) is 5.18. The van der Waals surface area contributed by atoms with Crippen LogP contribution in [-0.4, -0.2) is 62.7 Å². The number of hydrogen-bond acceptors (Lipinski definition) is 10. The highest BCUT2D eigenvalue weighted by Crippen LogP contribution is 2.50. The van der Waals surface area contributed by atoms with Crippen LogP contribution in [0.5, 0.6) is 17.2 Å². The van der Waals surface area contributed by atoms with E-state index >= 15 is 0 Å². The lowest BCUT2D eigenvalue weighted by atomic mass is 9.95. The van der Waals surface area contributed by atoms with E-state index in [-0.39, 0.29) is 23.3 Å². The average Bonchev–Trinajstić information content (AvgIpc) is 3.25. The van der Waals surface area contributed by atoms with E-state index in [1.807, 2.05) is 12.1 Å². The Balaban J connectivity index is 1.50. The number of methoxy groups -OCH3 is 3. The van der Waals surface area contributed by atoms with Crippen LogP contribution in [0.15, 0.2) is 47.5 Å². The van der Waals surface area contributed by atoms with Gasteiger partial charge in [0.25, 0.3) is 0 Å². The Hall–Kier alpha value is -4.87. The molecule has 4 N–H and O–H groups in total. The van der Waals surface area contributed by atoms with Crippen LogP contribution < -0.4 is 40.9 Å². The van der Waals surface area contributed by atoms with Gasteiger partial charge in [-0.05, 0) is 60.2 Å². The van der Waals surface area contributed by atoms with Crippen LogP contribution in [0, 0.1) is 0 Å². The fourth-order valence-corrected chi connectivity index (χ4v) is 5.18. The number of ether oxygens (including phenoxy) is 3. The molecule has 0 saturated heterocycles. The van der Waals surface area contributed by atoms with E-state index in [1.165, 1.54) is 6.92 Å². The summed E-state index contributed by atoms with van der Waals surface area (Å²) in [5.74, 6) is 1.71. The number of aryl methyl sites for hydroxylation is 1. The number of nitrogens with zero attached hydrogens (tertiary/aromatic N) is 2. The maximum Gasteiger partial charge on any atom is 0.222 e. The van der Waals surface area contributed by atoms with Crippen molar-refractivity contribution < 1.29 is 23.8 Å². The molecular formula is C31H38N6O6. The Morgan fingerprint density at radius 1 is 0.953 bits per heavy atom. The Kier molecular flexibility index (Phi) is 10.7. The van der Waals surface area contributed by atoms with Gasteiger partial charge in [-0.25, -0.2) is 9.97 Å². The first-order valence-electron chi connectivity index (χ1n) is 14.1. The molecule has 0 saturated carbocycles. The second-order valence-electron chi connectivity index (χ2n) is 9.98. The SMILES string of the molecule is COc1cc2c(c(OC)c1OC)-c1ccc(NCCCC(=O)NCCNc3ncccn3)c(=O)cc1[C@@H](NC(C)=O)CC2. The number of amides is 2. The van der Waals surface area contributed by atoms with Crippen molar-refractivity contribution >= 4 is 23.5 Å². The molecule has 1 atom stereocenters. The number of carbonyl (C=O) groups is 2. The van der Waals surface area contributed by atoms with Gasteiger partial charge in [0.2, 0.25) is 28.9 Å². The van der Waals surface area contributed by atoms with E-state index in [9.17, 15) is 14.4 Å². The molecule has 3 aromatic rings. The molecule has 1 aliphatic carbocycles. The van der Waals surface area contributed by atoms with E-state index in [0.717, 1.165) is 16.7 Å². The first-order valence-corrected chi connectivity index (χ1v) is 14.1. The standard InChI is InChI=1S/C31H38N6O6/c1-19(38)37-23-10-8-20-17-26(41-2)29(42-3)30(43-4)28(20)21-9-11-24(25(39)18-22(21)23)32-12-5-7-27(40)33-15-16-36-31-34-13-6-14-35-31/h6,9,11,13-14,17-18,23H,5,7-8,10,12,15-16H2,1-4H3,(H,32,39)(H,33,40)(H,37,38)(H,34,35,36)/t23-/m0/s1. The summed E-state index contributed by atoms with van der Waals surface area (Å²) in [6.07, 6.45) is 5.31. The minimum atomic E-state index is -0.388. The van der Waals surface area contributed by atoms with Gasteiger partial charge in [-0.3, -0.25) is 14.4 Å². The van der Waals surface area contributed by atoms with Crippen molar-refractivity contribution in [3.63, 3.8) is 0 Å². The van der Waals surface area contributed by atoms with Gasteiger partial charge < -0.3 is 35.5 Å². The van der Waals surface area contributed by atoms with E-state index in [0.29, 0.717) is 79.8 Å². The molecule has 43 heavy (non-hydrogen) atoms. The molecule has 0 bridgehead atoms. The maximum absolute atomic E-state index is 13.4. The molecule has 0 aliphatic heterocycles.